The van der Waals surface area contributed by atoms with Gasteiger partial charge in [0.15, 0.2) is 0 Å². The van der Waals surface area contributed by atoms with Crippen LogP contribution in [-0.2, 0) is 14.3 Å². The predicted octanol–water partition coefficient (Wildman–Crippen LogP) is 3.58. The second-order valence-corrected chi connectivity index (χ2v) is 6.80. The average Bonchev–Trinajstić information content (AvgIpc) is 2.41. The summed E-state index contributed by atoms with van der Waals surface area (Å²) in [6, 6.07) is 6.45. The Labute approximate surface area is 119 Å². The Kier molecular flexibility index (Phi) is 4.66. The van der Waals surface area contributed by atoms with Crippen molar-refractivity contribution in [2.24, 2.45) is 0 Å². The second kappa shape index (κ2) is 6.07. The number of hydrogen-bond acceptors (Lipinski definition) is 3. The lowest BCUT2D eigenvalue weighted by Crippen LogP contribution is -2.30. The van der Waals surface area contributed by atoms with Gasteiger partial charge >= 0.3 is 0 Å². The fourth-order valence-corrected chi connectivity index (χ4v) is 3.68. The van der Waals surface area contributed by atoms with Gasteiger partial charge in [0.25, 0.3) is 10.1 Å². The van der Waals surface area contributed by atoms with Gasteiger partial charge in [-0.05, 0) is 30.5 Å². The van der Waals surface area contributed by atoms with Gasteiger partial charge in [-0.1, -0.05) is 37.6 Å². The summed E-state index contributed by atoms with van der Waals surface area (Å²) in [6.07, 6.45) is 4.73. The minimum atomic E-state index is -3.74. The number of halogens is 1. The second-order valence-electron chi connectivity index (χ2n) is 4.66. The molecule has 1 aliphatic rings. The smallest absolute Gasteiger partial charge is 0.261 e. The van der Waals surface area contributed by atoms with Crippen LogP contribution in [0.15, 0.2) is 35.7 Å². The Balaban J connectivity index is 2.14. The summed E-state index contributed by atoms with van der Waals surface area (Å²) in [7, 11) is -3.74. The third-order valence-electron chi connectivity index (χ3n) is 3.28. The maximum Gasteiger partial charge on any atom is 0.297 e. The molecule has 0 bridgehead atoms. The lowest BCUT2D eigenvalue weighted by atomic mass is 9.97. The fourth-order valence-electron chi connectivity index (χ4n) is 2.15. The Bertz CT molecular complexity index is 536. The first kappa shape index (κ1) is 14.6. The normalized spacial score (nSPS) is 24.1. The Morgan fingerprint density at radius 2 is 1.84 bits per heavy atom. The first-order chi connectivity index (χ1) is 9.03. The standard InChI is InChI=1S/C14H17ClO3S/c1-2-11-7-9-12(10-8-11)19(16,17)18-14-6-4-3-5-13(14)15/h2,7-10,13-14H,1,3-6H2. The average molecular weight is 301 g/mol. The van der Waals surface area contributed by atoms with Crippen LogP contribution in [0.3, 0.4) is 0 Å². The minimum absolute atomic E-state index is 0.160. The molecule has 0 radical (unpaired) electrons. The van der Waals surface area contributed by atoms with Crippen LogP contribution in [0.2, 0.25) is 0 Å². The molecular formula is C14H17ClO3S. The van der Waals surface area contributed by atoms with Crippen LogP contribution in [0.25, 0.3) is 6.08 Å². The van der Waals surface area contributed by atoms with Crippen molar-refractivity contribution in [3.8, 4) is 0 Å². The van der Waals surface area contributed by atoms with E-state index in [0.717, 1.165) is 24.8 Å². The molecule has 2 rings (SSSR count). The van der Waals surface area contributed by atoms with Gasteiger partial charge < -0.3 is 0 Å². The molecule has 0 aromatic heterocycles. The Hall–Kier alpha value is -0.840. The Morgan fingerprint density at radius 1 is 1.21 bits per heavy atom. The van der Waals surface area contributed by atoms with Crippen molar-refractivity contribution in [1.82, 2.24) is 0 Å². The molecule has 1 saturated carbocycles. The molecule has 104 valence electrons. The molecule has 0 aliphatic heterocycles. The molecule has 1 aliphatic carbocycles. The number of rotatable bonds is 4. The predicted molar refractivity (Wildman–Crippen MR) is 76.7 cm³/mol. The molecule has 1 aromatic rings. The van der Waals surface area contributed by atoms with Crippen LogP contribution in [0.4, 0.5) is 0 Å². The zero-order valence-corrected chi connectivity index (χ0v) is 12.2. The van der Waals surface area contributed by atoms with Gasteiger partial charge in [0.1, 0.15) is 0 Å². The van der Waals surface area contributed by atoms with E-state index >= 15 is 0 Å². The first-order valence-corrected chi connectivity index (χ1v) is 8.17. The quantitative estimate of drug-likeness (QED) is 0.630. The van der Waals surface area contributed by atoms with Gasteiger partial charge in [0.05, 0.1) is 16.4 Å². The molecule has 2 atom stereocenters. The number of hydrogen-bond donors (Lipinski definition) is 0. The van der Waals surface area contributed by atoms with Gasteiger partial charge in [0, 0.05) is 0 Å². The summed E-state index contributed by atoms with van der Waals surface area (Å²) >= 11 is 6.12. The van der Waals surface area contributed by atoms with Crippen molar-refractivity contribution < 1.29 is 12.6 Å². The first-order valence-electron chi connectivity index (χ1n) is 6.33. The lowest BCUT2D eigenvalue weighted by molar-refractivity contribution is 0.166. The van der Waals surface area contributed by atoms with Crippen molar-refractivity contribution >= 4 is 27.8 Å². The van der Waals surface area contributed by atoms with Crippen molar-refractivity contribution in [3.63, 3.8) is 0 Å². The van der Waals surface area contributed by atoms with Gasteiger partial charge in [0.2, 0.25) is 0 Å². The zero-order valence-electron chi connectivity index (χ0n) is 10.6. The van der Waals surface area contributed by atoms with Crippen molar-refractivity contribution in [2.45, 2.75) is 42.1 Å². The van der Waals surface area contributed by atoms with Crippen molar-refractivity contribution in [3.05, 3.63) is 36.4 Å². The van der Waals surface area contributed by atoms with Gasteiger partial charge in [-0.25, -0.2) is 0 Å². The summed E-state index contributed by atoms with van der Waals surface area (Å²) in [5, 5.41) is -0.226. The highest BCUT2D eigenvalue weighted by Crippen LogP contribution is 2.28. The van der Waals surface area contributed by atoms with E-state index in [2.05, 4.69) is 6.58 Å². The SMILES string of the molecule is C=Cc1ccc(S(=O)(=O)OC2CCCCC2Cl)cc1. The van der Waals surface area contributed by atoms with Crippen LogP contribution in [-0.4, -0.2) is 19.9 Å². The highest BCUT2D eigenvalue weighted by atomic mass is 35.5. The molecule has 3 nitrogen and oxygen atoms in total. The van der Waals surface area contributed by atoms with E-state index in [9.17, 15) is 8.42 Å². The summed E-state index contributed by atoms with van der Waals surface area (Å²) in [6.45, 7) is 3.63. The third kappa shape index (κ3) is 3.59. The van der Waals surface area contributed by atoms with E-state index in [1.165, 1.54) is 12.1 Å². The highest BCUT2D eigenvalue weighted by Gasteiger charge is 2.29. The van der Waals surface area contributed by atoms with Crippen molar-refractivity contribution in [1.29, 1.82) is 0 Å². The topological polar surface area (TPSA) is 43.4 Å². The van der Waals surface area contributed by atoms with E-state index in [-0.39, 0.29) is 10.3 Å². The molecule has 1 fully saturated rings. The molecule has 1 aromatic carbocycles. The molecule has 19 heavy (non-hydrogen) atoms. The zero-order chi connectivity index (χ0) is 13.9. The van der Waals surface area contributed by atoms with Gasteiger partial charge in [-0.2, -0.15) is 8.42 Å². The Morgan fingerprint density at radius 3 is 2.42 bits per heavy atom. The summed E-state index contributed by atoms with van der Waals surface area (Å²) in [4.78, 5) is 0.160. The van der Waals surface area contributed by atoms with E-state index in [1.54, 1.807) is 18.2 Å². The van der Waals surface area contributed by atoms with Crippen LogP contribution < -0.4 is 0 Å². The monoisotopic (exact) mass is 300 g/mol. The maximum absolute atomic E-state index is 12.1. The van der Waals surface area contributed by atoms with E-state index in [0.29, 0.717) is 6.42 Å². The van der Waals surface area contributed by atoms with Crippen LogP contribution in [0.5, 0.6) is 0 Å². The van der Waals surface area contributed by atoms with Crippen molar-refractivity contribution in [2.75, 3.05) is 0 Å². The molecule has 5 heteroatoms. The maximum atomic E-state index is 12.1. The fraction of sp³-hybridized carbons (Fsp3) is 0.429. The van der Waals surface area contributed by atoms with E-state index in [1.807, 2.05) is 0 Å². The van der Waals surface area contributed by atoms with E-state index < -0.39 is 16.2 Å². The van der Waals surface area contributed by atoms with Crippen LogP contribution >= 0.6 is 11.6 Å². The van der Waals surface area contributed by atoms with Gasteiger partial charge in [-0.15, -0.1) is 11.6 Å². The molecule has 0 N–H and O–H groups in total. The largest absolute Gasteiger partial charge is 0.297 e. The van der Waals surface area contributed by atoms with E-state index in [4.69, 9.17) is 15.8 Å². The molecule has 0 heterocycles. The molecule has 0 saturated heterocycles. The number of alkyl halides is 1. The highest BCUT2D eigenvalue weighted by molar-refractivity contribution is 7.86. The molecular weight excluding hydrogens is 284 g/mol. The minimum Gasteiger partial charge on any atom is -0.261 e. The van der Waals surface area contributed by atoms with Crippen LogP contribution in [0.1, 0.15) is 31.2 Å². The molecule has 0 spiro atoms. The molecule has 0 amide bonds. The molecule has 2 unspecified atom stereocenters. The number of benzene rings is 1. The van der Waals surface area contributed by atoms with Crippen LogP contribution in [0, 0.1) is 0 Å². The summed E-state index contributed by atoms with van der Waals surface area (Å²) < 4.78 is 29.5. The summed E-state index contributed by atoms with van der Waals surface area (Å²) in [5.41, 5.74) is 0.867. The third-order valence-corrected chi connectivity index (χ3v) is 5.13. The lowest BCUT2D eigenvalue weighted by Gasteiger charge is -2.26. The van der Waals surface area contributed by atoms with Gasteiger partial charge in [-0.3, -0.25) is 4.18 Å². The summed E-state index contributed by atoms with van der Waals surface area (Å²) in [5.74, 6) is 0.